The summed E-state index contributed by atoms with van der Waals surface area (Å²) in [6.45, 7) is 2.77. The third kappa shape index (κ3) is 2.44. The van der Waals surface area contributed by atoms with Crippen LogP contribution in [0, 0.1) is 11.3 Å². The molecule has 118 valence electrons. The molecule has 0 N–H and O–H groups in total. The van der Waals surface area contributed by atoms with Crippen molar-refractivity contribution >= 4 is 17.4 Å². The third-order valence-corrected chi connectivity index (χ3v) is 4.25. The number of aryl methyl sites for hydroxylation is 2. The first kappa shape index (κ1) is 15.1. The number of nitrogens with zero attached hydrogens (tertiary/aromatic N) is 5. The maximum atomic E-state index is 12.5. The van der Waals surface area contributed by atoms with Gasteiger partial charge in [-0.1, -0.05) is 25.1 Å². The molecule has 1 aromatic carbocycles. The fourth-order valence-electron chi connectivity index (χ4n) is 3.08. The Balaban J connectivity index is 2.11. The molecular weight excluding hydrogens is 290 g/mol. The van der Waals surface area contributed by atoms with Gasteiger partial charge in [-0.2, -0.15) is 10.4 Å². The highest BCUT2D eigenvalue weighted by Gasteiger charge is 2.28. The molecule has 1 aliphatic heterocycles. The predicted molar refractivity (Wildman–Crippen MR) is 88.2 cm³/mol. The smallest absolute Gasteiger partial charge is 0.246 e. The second kappa shape index (κ2) is 5.76. The maximum absolute atomic E-state index is 12.5. The average molecular weight is 309 g/mol. The van der Waals surface area contributed by atoms with Crippen molar-refractivity contribution in [3.63, 3.8) is 0 Å². The van der Waals surface area contributed by atoms with Crippen LogP contribution in [0.2, 0.25) is 0 Å². The molecule has 0 saturated heterocycles. The highest BCUT2D eigenvalue weighted by atomic mass is 16.2. The summed E-state index contributed by atoms with van der Waals surface area (Å²) in [6.07, 6.45) is 0.689. The second-order valence-corrected chi connectivity index (χ2v) is 5.67. The summed E-state index contributed by atoms with van der Waals surface area (Å²) >= 11 is 0. The van der Waals surface area contributed by atoms with Gasteiger partial charge in [-0.15, -0.1) is 0 Å². The Morgan fingerprint density at radius 3 is 2.70 bits per heavy atom. The quantitative estimate of drug-likeness (QED) is 0.849. The number of nitriles is 1. The number of fused-ring (bicyclic) bond motifs is 1. The monoisotopic (exact) mass is 309 g/mol. The Morgan fingerprint density at radius 2 is 2.00 bits per heavy atom. The Bertz CT molecular complexity index is 802. The molecule has 1 amide bonds. The van der Waals surface area contributed by atoms with Crippen LogP contribution in [0.15, 0.2) is 24.3 Å². The summed E-state index contributed by atoms with van der Waals surface area (Å²) in [4.78, 5) is 16.1. The van der Waals surface area contributed by atoms with Crippen molar-refractivity contribution < 1.29 is 4.79 Å². The lowest BCUT2D eigenvalue weighted by molar-refractivity contribution is -0.117. The number of carbonyl (C=O) groups excluding carboxylic acids is 1. The van der Waals surface area contributed by atoms with Crippen LogP contribution in [0.5, 0.6) is 0 Å². The molecule has 0 radical (unpaired) electrons. The Labute approximate surface area is 135 Å². The van der Waals surface area contributed by atoms with Gasteiger partial charge in [0.05, 0.1) is 12.2 Å². The number of hydrogen-bond donors (Lipinski definition) is 0. The molecule has 0 aliphatic carbocycles. The van der Waals surface area contributed by atoms with Gasteiger partial charge in [0.25, 0.3) is 0 Å². The SMILES string of the molecule is CCc1nn(C)c(N2CC(=O)N(C)c3ccccc3C2)c1C#N. The molecular formula is C17H19N5O. The van der Waals surface area contributed by atoms with E-state index in [1.54, 1.807) is 16.6 Å². The maximum Gasteiger partial charge on any atom is 0.246 e. The third-order valence-electron chi connectivity index (χ3n) is 4.25. The Kier molecular flexibility index (Phi) is 3.78. The van der Waals surface area contributed by atoms with E-state index in [-0.39, 0.29) is 12.5 Å². The summed E-state index contributed by atoms with van der Waals surface area (Å²) < 4.78 is 1.71. The lowest BCUT2D eigenvalue weighted by atomic mass is 10.1. The van der Waals surface area contributed by atoms with Gasteiger partial charge in [0.1, 0.15) is 17.5 Å². The lowest BCUT2D eigenvalue weighted by Gasteiger charge is -2.22. The highest BCUT2D eigenvalue weighted by molar-refractivity contribution is 5.97. The molecule has 1 aromatic heterocycles. The zero-order chi connectivity index (χ0) is 16.6. The normalized spacial score (nSPS) is 14.4. The Hall–Kier alpha value is -2.81. The van der Waals surface area contributed by atoms with Crippen LogP contribution in [0.25, 0.3) is 0 Å². The molecule has 0 saturated carbocycles. The zero-order valence-corrected chi connectivity index (χ0v) is 13.6. The van der Waals surface area contributed by atoms with Crippen molar-refractivity contribution in [3.05, 3.63) is 41.1 Å². The van der Waals surface area contributed by atoms with Gasteiger partial charge in [-0.25, -0.2) is 0 Å². The summed E-state index contributed by atoms with van der Waals surface area (Å²) in [5.74, 6) is 0.709. The van der Waals surface area contributed by atoms with Crippen LogP contribution >= 0.6 is 0 Å². The van der Waals surface area contributed by atoms with E-state index in [9.17, 15) is 10.1 Å². The minimum Gasteiger partial charge on any atom is -0.342 e. The standard InChI is InChI=1S/C17H19N5O/c1-4-14-13(9-18)17(21(3)19-14)22-10-12-7-5-6-8-15(12)20(2)16(23)11-22/h5-8H,4,10-11H2,1-3H3. The first-order valence-electron chi connectivity index (χ1n) is 7.62. The van der Waals surface area contributed by atoms with Crippen molar-refractivity contribution in [2.24, 2.45) is 7.05 Å². The first-order valence-corrected chi connectivity index (χ1v) is 7.62. The fraction of sp³-hybridized carbons (Fsp3) is 0.353. The Morgan fingerprint density at radius 1 is 1.26 bits per heavy atom. The number of carbonyl (C=O) groups is 1. The van der Waals surface area contributed by atoms with Crippen LogP contribution in [-0.2, 0) is 24.8 Å². The average Bonchev–Trinajstić information content (AvgIpc) is 2.83. The summed E-state index contributed by atoms with van der Waals surface area (Å²) in [7, 11) is 3.61. The van der Waals surface area contributed by atoms with Crippen molar-refractivity contribution in [1.29, 1.82) is 5.26 Å². The molecule has 0 atom stereocenters. The fourth-order valence-corrected chi connectivity index (χ4v) is 3.08. The van der Waals surface area contributed by atoms with Gasteiger partial charge in [0.15, 0.2) is 0 Å². The molecule has 2 heterocycles. The van der Waals surface area contributed by atoms with Crippen molar-refractivity contribution in [2.75, 3.05) is 23.4 Å². The van der Waals surface area contributed by atoms with E-state index in [0.717, 1.165) is 16.9 Å². The molecule has 3 rings (SSSR count). The van der Waals surface area contributed by atoms with E-state index in [4.69, 9.17) is 0 Å². The van der Waals surface area contributed by atoms with Crippen LogP contribution in [0.4, 0.5) is 11.5 Å². The number of benzene rings is 1. The van der Waals surface area contributed by atoms with Crippen molar-refractivity contribution in [1.82, 2.24) is 9.78 Å². The predicted octanol–water partition coefficient (Wildman–Crippen LogP) is 1.84. The van der Waals surface area contributed by atoms with E-state index in [1.165, 1.54) is 0 Å². The van der Waals surface area contributed by atoms with E-state index >= 15 is 0 Å². The molecule has 0 spiro atoms. The number of anilines is 2. The van der Waals surface area contributed by atoms with Crippen LogP contribution in [0.1, 0.15) is 23.7 Å². The number of para-hydroxylation sites is 1. The topological polar surface area (TPSA) is 65.2 Å². The molecule has 0 fully saturated rings. The van der Waals surface area contributed by atoms with Crippen molar-refractivity contribution in [3.8, 4) is 6.07 Å². The molecule has 6 heteroatoms. The number of rotatable bonds is 2. The van der Waals surface area contributed by atoms with Gasteiger partial charge in [-0.05, 0) is 18.1 Å². The van der Waals surface area contributed by atoms with Gasteiger partial charge >= 0.3 is 0 Å². The van der Waals surface area contributed by atoms with E-state index in [0.29, 0.717) is 24.3 Å². The van der Waals surface area contributed by atoms with Crippen LogP contribution < -0.4 is 9.80 Å². The number of likely N-dealkylation sites (N-methyl/N-ethyl adjacent to an activating group) is 1. The van der Waals surface area contributed by atoms with Crippen LogP contribution in [-0.4, -0.2) is 29.3 Å². The van der Waals surface area contributed by atoms with E-state index in [2.05, 4.69) is 11.2 Å². The second-order valence-electron chi connectivity index (χ2n) is 5.67. The number of amides is 1. The molecule has 6 nitrogen and oxygen atoms in total. The largest absolute Gasteiger partial charge is 0.342 e. The minimum absolute atomic E-state index is 0.00177. The molecule has 1 aliphatic rings. The van der Waals surface area contributed by atoms with Gasteiger partial charge < -0.3 is 9.80 Å². The van der Waals surface area contributed by atoms with E-state index < -0.39 is 0 Å². The van der Waals surface area contributed by atoms with E-state index in [1.807, 2.05) is 43.1 Å². The summed E-state index contributed by atoms with van der Waals surface area (Å²) in [5, 5.41) is 14.0. The number of aromatic nitrogens is 2. The highest BCUT2D eigenvalue weighted by Crippen LogP contribution is 2.30. The summed E-state index contributed by atoms with van der Waals surface area (Å²) in [6, 6.07) is 10.1. The molecule has 0 bridgehead atoms. The number of hydrogen-bond acceptors (Lipinski definition) is 4. The zero-order valence-electron chi connectivity index (χ0n) is 13.6. The first-order chi connectivity index (χ1) is 11.1. The van der Waals surface area contributed by atoms with Crippen LogP contribution in [0.3, 0.4) is 0 Å². The van der Waals surface area contributed by atoms with Gasteiger partial charge in [0.2, 0.25) is 5.91 Å². The lowest BCUT2D eigenvalue weighted by Crippen LogP contribution is -2.36. The molecule has 23 heavy (non-hydrogen) atoms. The van der Waals surface area contributed by atoms with Crippen molar-refractivity contribution in [2.45, 2.75) is 19.9 Å². The van der Waals surface area contributed by atoms with Gasteiger partial charge in [0, 0.05) is 26.3 Å². The molecule has 0 unspecified atom stereocenters. The minimum atomic E-state index is -0.00177. The van der Waals surface area contributed by atoms with Gasteiger partial charge in [-0.3, -0.25) is 9.48 Å². The summed E-state index contributed by atoms with van der Waals surface area (Å²) in [5.41, 5.74) is 3.30. The molecule has 2 aromatic rings.